The first-order chi connectivity index (χ1) is 12.7. The molecule has 0 spiro atoms. The number of urea groups is 1. The van der Waals surface area contributed by atoms with Crippen LogP contribution >= 0.6 is 0 Å². The largest absolute Gasteiger partial charge is 0.497 e. The van der Waals surface area contributed by atoms with Gasteiger partial charge in [-0.2, -0.15) is 0 Å². The highest BCUT2D eigenvalue weighted by Crippen LogP contribution is 2.30. The highest BCUT2D eigenvalue weighted by molar-refractivity contribution is 5.94. The first-order valence-electron chi connectivity index (χ1n) is 8.71. The van der Waals surface area contributed by atoms with E-state index < -0.39 is 0 Å². The molecule has 2 aromatic carbocycles. The Morgan fingerprint density at radius 2 is 2.04 bits per heavy atom. The molecule has 2 amide bonds. The number of carbonyl (C=O) groups is 1. The Morgan fingerprint density at radius 3 is 2.85 bits per heavy atom. The summed E-state index contributed by atoms with van der Waals surface area (Å²) >= 11 is 0. The van der Waals surface area contributed by atoms with E-state index in [-0.39, 0.29) is 18.2 Å². The number of methoxy groups -OCH3 is 1. The average Bonchev–Trinajstić information content (AvgIpc) is 3.09. The van der Waals surface area contributed by atoms with Crippen LogP contribution in [0, 0.1) is 0 Å². The predicted octanol–water partition coefficient (Wildman–Crippen LogP) is 3.29. The maximum atomic E-state index is 12.5. The van der Waals surface area contributed by atoms with Gasteiger partial charge in [0.15, 0.2) is 0 Å². The van der Waals surface area contributed by atoms with E-state index in [0.29, 0.717) is 19.8 Å². The van der Waals surface area contributed by atoms with Gasteiger partial charge in [0.05, 0.1) is 32.1 Å². The zero-order valence-electron chi connectivity index (χ0n) is 15.0. The molecule has 3 rings (SSSR count). The lowest BCUT2D eigenvalue weighted by Crippen LogP contribution is -2.45. The van der Waals surface area contributed by atoms with Crippen LogP contribution in [0.3, 0.4) is 0 Å². The molecule has 26 heavy (non-hydrogen) atoms. The van der Waals surface area contributed by atoms with Crippen molar-refractivity contribution in [3.05, 3.63) is 48.5 Å². The second-order valence-electron chi connectivity index (χ2n) is 6.01. The fourth-order valence-electron chi connectivity index (χ4n) is 3.01. The molecule has 2 N–H and O–H groups in total. The van der Waals surface area contributed by atoms with Crippen LogP contribution in [-0.2, 0) is 9.47 Å². The Morgan fingerprint density at radius 1 is 1.19 bits per heavy atom. The number of para-hydroxylation sites is 1. The summed E-state index contributed by atoms with van der Waals surface area (Å²) in [6.07, 6.45) is -0.112. The summed E-state index contributed by atoms with van der Waals surface area (Å²) in [6.45, 7) is 3.47. The molecule has 1 aliphatic rings. The normalized spacial score (nSPS) is 19.2. The summed E-state index contributed by atoms with van der Waals surface area (Å²) in [7, 11) is 1.63. The fourth-order valence-corrected chi connectivity index (χ4v) is 3.01. The highest BCUT2D eigenvalue weighted by atomic mass is 16.5. The Labute approximate surface area is 153 Å². The van der Waals surface area contributed by atoms with Crippen molar-refractivity contribution in [1.82, 2.24) is 5.32 Å². The molecule has 0 saturated carbocycles. The van der Waals surface area contributed by atoms with E-state index >= 15 is 0 Å². The van der Waals surface area contributed by atoms with E-state index in [9.17, 15) is 4.79 Å². The molecule has 0 aliphatic carbocycles. The van der Waals surface area contributed by atoms with Crippen molar-refractivity contribution in [3.63, 3.8) is 0 Å². The van der Waals surface area contributed by atoms with Crippen LogP contribution in [0.5, 0.6) is 5.75 Å². The zero-order chi connectivity index (χ0) is 18.4. The van der Waals surface area contributed by atoms with Crippen molar-refractivity contribution in [3.8, 4) is 16.9 Å². The van der Waals surface area contributed by atoms with Crippen LogP contribution in [0.4, 0.5) is 10.5 Å². The summed E-state index contributed by atoms with van der Waals surface area (Å²) in [5.41, 5.74) is 2.62. The van der Waals surface area contributed by atoms with Crippen LogP contribution in [0.15, 0.2) is 48.5 Å². The molecule has 138 valence electrons. The van der Waals surface area contributed by atoms with Gasteiger partial charge in [-0.3, -0.25) is 0 Å². The van der Waals surface area contributed by atoms with E-state index in [1.807, 2.05) is 55.5 Å². The first kappa shape index (κ1) is 18.2. The van der Waals surface area contributed by atoms with Crippen molar-refractivity contribution in [1.29, 1.82) is 0 Å². The third-order valence-electron chi connectivity index (χ3n) is 4.28. The zero-order valence-corrected chi connectivity index (χ0v) is 15.0. The van der Waals surface area contributed by atoms with Crippen molar-refractivity contribution >= 4 is 11.7 Å². The topological polar surface area (TPSA) is 68.8 Å². The van der Waals surface area contributed by atoms with Crippen molar-refractivity contribution in [2.75, 3.05) is 32.2 Å². The quantitative estimate of drug-likeness (QED) is 0.833. The standard InChI is InChI=1S/C20H24N2O4/c1-3-26-19-13-25-12-18(19)22-20(23)21-17-10-5-4-9-16(17)14-7-6-8-15(11-14)24-2/h4-11,18-19H,3,12-13H2,1-2H3,(H2,21,22,23)/t18-,19-/m0/s1. The summed E-state index contributed by atoms with van der Waals surface area (Å²) in [5, 5.41) is 5.87. The van der Waals surface area contributed by atoms with Crippen molar-refractivity contribution < 1.29 is 19.0 Å². The minimum atomic E-state index is -0.277. The fraction of sp³-hybridized carbons (Fsp3) is 0.350. The van der Waals surface area contributed by atoms with Gasteiger partial charge in [0.25, 0.3) is 0 Å². The summed E-state index contributed by atoms with van der Waals surface area (Å²) in [4.78, 5) is 12.5. The molecular formula is C20H24N2O4. The van der Waals surface area contributed by atoms with E-state index in [0.717, 1.165) is 22.6 Å². The summed E-state index contributed by atoms with van der Waals surface area (Å²) < 4.78 is 16.3. The van der Waals surface area contributed by atoms with E-state index in [1.165, 1.54) is 0 Å². The Hall–Kier alpha value is -2.57. The average molecular weight is 356 g/mol. The van der Waals surface area contributed by atoms with Gasteiger partial charge in [-0.15, -0.1) is 0 Å². The number of carbonyl (C=O) groups excluding carboxylic acids is 1. The van der Waals surface area contributed by atoms with E-state index in [1.54, 1.807) is 7.11 Å². The third-order valence-corrected chi connectivity index (χ3v) is 4.28. The minimum absolute atomic E-state index is 0.112. The lowest BCUT2D eigenvalue weighted by atomic mass is 10.0. The molecule has 2 aromatic rings. The minimum Gasteiger partial charge on any atom is -0.497 e. The number of ether oxygens (including phenoxy) is 3. The maximum absolute atomic E-state index is 12.5. The molecule has 0 unspecified atom stereocenters. The number of amides is 2. The molecule has 1 aliphatic heterocycles. The highest BCUT2D eigenvalue weighted by Gasteiger charge is 2.30. The predicted molar refractivity (Wildman–Crippen MR) is 101 cm³/mol. The third kappa shape index (κ3) is 4.33. The molecule has 0 bridgehead atoms. The first-order valence-corrected chi connectivity index (χ1v) is 8.71. The van der Waals surface area contributed by atoms with Crippen LogP contribution in [0.1, 0.15) is 6.92 Å². The monoisotopic (exact) mass is 356 g/mol. The summed E-state index contributed by atoms with van der Waals surface area (Å²) in [6, 6.07) is 15.0. The molecule has 1 fully saturated rings. The molecule has 1 saturated heterocycles. The van der Waals surface area contributed by atoms with Gasteiger partial charge >= 0.3 is 6.03 Å². The Balaban J connectivity index is 1.73. The number of rotatable bonds is 6. The lowest BCUT2D eigenvalue weighted by Gasteiger charge is -2.20. The van der Waals surface area contributed by atoms with Crippen LogP contribution in [0.25, 0.3) is 11.1 Å². The van der Waals surface area contributed by atoms with Crippen molar-refractivity contribution in [2.24, 2.45) is 0 Å². The number of hydrogen-bond donors (Lipinski definition) is 2. The van der Waals surface area contributed by atoms with Crippen LogP contribution < -0.4 is 15.4 Å². The smallest absolute Gasteiger partial charge is 0.319 e. The van der Waals surface area contributed by atoms with Gasteiger partial charge in [-0.05, 0) is 30.7 Å². The summed E-state index contributed by atoms with van der Waals surface area (Å²) in [5.74, 6) is 0.768. The molecule has 0 radical (unpaired) electrons. The van der Waals surface area contributed by atoms with E-state index in [2.05, 4.69) is 10.6 Å². The Bertz CT molecular complexity index is 750. The molecule has 6 heteroatoms. The van der Waals surface area contributed by atoms with Gasteiger partial charge in [-0.1, -0.05) is 30.3 Å². The number of nitrogens with one attached hydrogen (secondary N) is 2. The number of anilines is 1. The molecule has 2 atom stereocenters. The van der Waals surface area contributed by atoms with Gasteiger partial charge in [0.1, 0.15) is 11.9 Å². The second-order valence-corrected chi connectivity index (χ2v) is 6.01. The van der Waals surface area contributed by atoms with Gasteiger partial charge in [0, 0.05) is 12.2 Å². The molecule has 1 heterocycles. The number of hydrogen-bond acceptors (Lipinski definition) is 4. The van der Waals surface area contributed by atoms with Crippen LogP contribution in [-0.4, -0.2) is 45.1 Å². The van der Waals surface area contributed by atoms with Gasteiger partial charge in [0.2, 0.25) is 0 Å². The van der Waals surface area contributed by atoms with Gasteiger partial charge < -0.3 is 24.8 Å². The number of benzene rings is 2. The maximum Gasteiger partial charge on any atom is 0.319 e. The lowest BCUT2D eigenvalue weighted by molar-refractivity contribution is 0.0428. The van der Waals surface area contributed by atoms with Crippen LogP contribution in [0.2, 0.25) is 0 Å². The van der Waals surface area contributed by atoms with E-state index in [4.69, 9.17) is 14.2 Å². The molecule has 6 nitrogen and oxygen atoms in total. The van der Waals surface area contributed by atoms with Crippen molar-refractivity contribution in [2.45, 2.75) is 19.1 Å². The second kappa shape index (κ2) is 8.69. The van der Waals surface area contributed by atoms with Gasteiger partial charge in [-0.25, -0.2) is 4.79 Å². The Kier molecular flexibility index (Phi) is 6.09. The molecular weight excluding hydrogens is 332 g/mol. The SMILES string of the molecule is CCO[C@H]1COC[C@@H]1NC(=O)Nc1ccccc1-c1cccc(OC)c1. The molecule has 0 aromatic heterocycles.